The highest BCUT2D eigenvalue weighted by molar-refractivity contribution is 9.10. The van der Waals surface area contributed by atoms with E-state index < -0.39 is 0 Å². The van der Waals surface area contributed by atoms with Gasteiger partial charge in [-0.2, -0.15) is 0 Å². The Bertz CT molecular complexity index is 1020. The Morgan fingerprint density at radius 3 is 2.31 bits per heavy atom. The van der Waals surface area contributed by atoms with Crippen LogP contribution in [0.25, 0.3) is 16.9 Å². The molecule has 0 aliphatic rings. The summed E-state index contributed by atoms with van der Waals surface area (Å²) in [5.74, 6) is 2.34. The average molecular weight is 460 g/mol. The summed E-state index contributed by atoms with van der Waals surface area (Å²) < 4.78 is 14.0. The van der Waals surface area contributed by atoms with Crippen LogP contribution >= 0.6 is 15.9 Å². The van der Waals surface area contributed by atoms with E-state index in [1.807, 2.05) is 36.5 Å². The summed E-state index contributed by atoms with van der Waals surface area (Å²) in [6, 6.07) is 9.91. The minimum Gasteiger partial charge on any atom is -0.493 e. The smallest absolute Gasteiger partial charge is 0.161 e. The Labute approximate surface area is 181 Å². The molecule has 0 spiro atoms. The summed E-state index contributed by atoms with van der Waals surface area (Å²) >= 11 is 3.59. The number of halogens is 1. The molecular formula is C23H30BrN3O2. The average Bonchev–Trinajstić information content (AvgIpc) is 2.96. The van der Waals surface area contributed by atoms with Gasteiger partial charge in [-0.15, -0.1) is 0 Å². The second-order valence-electron chi connectivity index (χ2n) is 9.20. The topological polar surface area (TPSA) is 47.8 Å². The van der Waals surface area contributed by atoms with Gasteiger partial charge < -0.3 is 14.8 Å². The van der Waals surface area contributed by atoms with Crippen LogP contribution in [0, 0.1) is 5.41 Å². The number of pyridine rings is 1. The van der Waals surface area contributed by atoms with Crippen LogP contribution in [-0.2, 0) is 0 Å². The maximum absolute atomic E-state index is 5.51. The number of anilines is 1. The SMILES string of the molecule is COc1ccc(-c2nc3ccc(Br)cn3c2NC(C)(C)CC(C)(C)C)cc1OC. The number of benzene rings is 1. The first-order valence-corrected chi connectivity index (χ1v) is 10.5. The van der Waals surface area contributed by atoms with Crippen molar-refractivity contribution < 1.29 is 9.47 Å². The molecule has 5 nitrogen and oxygen atoms in total. The van der Waals surface area contributed by atoms with Crippen LogP contribution in [-0.4, -0.2) is 29.1 Å². The molecule has 0 atom stereocenters. The van der Waals surface area contributed by atoms with E-state index in [0.717, 1.165) is 33.6 Å². The monoisotopic (exact) mass is 459 g/mol. The summed E-state index contributed by atoms with van der Waals surface area (Å²) in [6.07, 6.45) is 3.05. The molecule has 0 fully saturated rings. The summed E-state index contributed by atoms with van der Waals surface area (Å²) in [7, 11) is 3.29. The summed E-state index contributed by atoms with van der Waals surface area (Å²) in [4.78, 5) is 4.92. The fraction of sp³-hybridized carbons (Fsp3) is 0.435. The highest BCUT2D eigenvalue weighted by atomic mass is 79.9. The zero-order valence-corrected chi connectivity index (χ0v) is 19.8. The second kappa shape index (κ2) is 7.90. The third-order valence-electron chi connectivity index (χ3n) is 4.67. The van der Waals surface area contributed by atoms with E-state index in [1.165, 1.54) is 0 Å². The lowest BCUT2D eigenvalue weighted by molar-refractivity contribution is 0.302. The number of nitrogens with one attached hydrogen (secondary N) is 1. The molecule has 0 saturated carbocycles. The summed E-state index contributed by atoms with van der Waals surface area (Å²) in [5.41, 5.74) is 2.80. The third-order valence-corrected chi connectivity index (χ3v) is 5.14. The lowest BCUT2D eigenvalue weighted by Gasteiger charge is -2.34. The highest BCUT2D eigenvalue weighted by Gasteiger charge is 2.28. The maximum Gasteiger partial charge on any atom is 0.161 e. The molecule has 2 heterocycles. The Balaban J connectivity index is 2.16. The molecule has 0 saturated heterocycles. The Hall–Kier alpha value is -2.21. The van der Waals surface area contributed by atoms with Gasteiger partial charge in [0, 0.05) is 21.8 Å². The molecule has 1 N–H and O–H groups in total. The molecular weight excluding hydrogens is 430 g/mol. The zero-order chi connectivity index (χ0) is 21.4. The molecule has 6 heteroatoms. The molecule has 0 bridgehead atoms. The normalized spacial score (nSPS) is 12.3. The number of imidazole rings is 1. The Morgan fingerprint density at radius 1 is 1.00 bits per heavy atom. The molecule has 2 aromatic heterocycles. The van der Waals surface area contributed by atoms with Crippen LogP contribution < -0.4 is 14.8 Å². The molecule has 156 valence electrons. The number of hydrogen-bond donors (Lipinski definition) is 1. The number of nitrogens with zero attached hydrogens (tertiary/aromatic N) is 2. The third kappa shape index (κ3) is 4.86. The summed E-state index contributed by atoms with van der Waals surface area (Å²) in [5, 5.41) is 3.77. The van der Waals surface area contributed by atoms with Crippen molar-refractivity contribution in [1.82, 2.24) is 9.38 Å². The largest absolute Gasteiger partial charge is 0.493 e. The number of rotatable bonds is 6. The van der Waals surface area contributed by atoms with Crippen molar-refractivity contribution in [3.63, 3.8) is 0 Å². The first-order valence-electron chi connectivity index (χ1n) is 9.71. The van der Waals surface area contributed by atoms with Crippen LogP contribution in [0.3, 0.4) is 0 Å². The lowest BCUT2D eigenvalue weighted by Crippen LogP contribution is -2.36. The molecule has 1 aromatic carbocycles. The fourth-order valence-corrected chi connectivity index (χ4v) is 4.35. The van der Waals surface area contributed by atoms with Crippen LogP contribution in [0.15, 0.2) is 41.0 Å². The summed E-state index contributed by atoms with van der Waals surface area (Å²) in [6.45, 7) is 11.2. The maximum atomic E-state index is 5.51. The van der Waals surface area contributed by atoms with E-state index in [4.69, 9.17) is 14.5 Å². The molecule has 0 aliphatic carbocycles. The minimum absolute atomic E-state index is 0.123. The second-order valence-corrected chi connectivity index (χ2v) is 10.1. The van der Waals surface area contributed by atoms with Gasteiger partial charge >= 0.3 is 0 Å². The van der Waals surface area contributed by atoms with Crippen molar-refractivity contribution in [1.29, 1.82) is 0 Å². The van der Waals surface area contributed by atoms with Gasteiger partial charge in [0.25, 0.3) is 0 Å². The lowest BCUT2D eigenvalue weighted by atomic mass is 9.82. The van der Waals surface area contributed by atoms with Gasteiger partial charge in [0.1, 0.15) is 17.2 Å². The van der Waals surface area contributed by atoms with E-state index in [9.17, 15) is 0 Å². The van der Waals surface area contributed by atoms with Gasteiger partial charge in [-0.25, -0.2) is 4.98 Å². The predicted molar refractivity (Wildman–Crippen MR) is 123 cm³/mol. The molecule has 0 amide bonds. The number of aromatic nitrogens is 2. The molecule has 3 aromatic rings. The van der Waals surface area contributed by atoms with Crippen molar-refractivity contribution in [2.24, 2.45) is 5.41 Å². The number of ether oxygens (including phenoxy) is 2. The number of fused-ring (bicyclic) bond motifs is 1. The van der Waals surface area contributed by atoms with Crippen LogP contribution in [0.4, 0.5) is 5.82 Å². The fourth-order valence-electron chi connectivity index (χ4n) is 4.01. The molecule has 3 rings (SSSR count). The predicted octanol–water partition coefficient (Wildman–Crippen LogP) is 6.41. The first-order chi connectivity index (χ1) is 13.5. The standard InChI is InChI=1S/C23H30BrN3O2/c1-22(2,3)14-23(4,5)26-21-20(25-19-11-9-16(24)13-27(19)21)15-8-10-17(28-6)18(12-15)29-7/h8-13,26H,14H2,1-7H3. The number of hydrogen-bond acceptors (Lipinski definition) is 4. The highest BCUT2D eigenvalue weighted by Crippen LogP contribution is 2.38. The van der Waals surface area contributed by atoms with Gasteiger partial charge in [0.05, 0.1) is 14.2 Å². The van der Waals surface area contributed by atoms with E-state index >= 15 is 0 Å². The van der Waals surface area contributed by atoms with E-state index in [0.29, 0.717) is 11.5 Å². The number of methoxy groups -OCH3 is 2. The van der Waals surface area contributed by atoms with E-state index in [1.54, 1.807) is 14.2 Å². The van der Waals surface area contributed by atoms with Crippen molar-refractivity contribution in [3.8, 4) is 22.8 Å². The van der Waals surface area contributed by atoms with E-state index in [2.05, 4.69) is 60.3 Å². The van der Waals surface area contributed by atoms with Gasteiger partial charge in [-0.3, -0.25) is 4.40 Å². The quantitative estimate of drug-likeness (QED) is 0.462. The van der Waals surface area contributed by atoms with Gasteiger partial charge in [0.15, 0.2) is 11.5 Å². The Kier molecular flexibility index (Phi) is 5.86. The Morgan fingerprint density at radius 2 is 1.69 bits per heavy atom. The first kappa shape index (κ1) is 21.5. The van der Waals surface area contributed by atoms with Crippen LogP contribution in [0.2, 0.25) is 0 Å². The van der Waals surface area contributed by atoms with Crippen molar-refractivity contribution in [2.45, 2.75) is 46.6 Å². The molecule has 29 heavy (non-hydrogen) atoms. The zero-order valence-electron chi connectivity index (χ0n) is 18.3. The van der Waals surface area contributed by atoms with Crippen molar-refractivity contribution >= 4 is 27.4 Å². The van der Waals surface area contributed by atoms with Gasteiger partial charge in [-0.1, -0.05) is 20.8 Å². The molecule has 0 unspecified atom stereocenters. The van der Waals surface area contributed by atoms with Crippen LogP contribution in [0.1, 0.15) is 41.0 Å². The van der Waals surface area contributed by atoms with Crippen LogP contribution in [0.5, 0.6) is 11.5 Å². The minimum atomic E-state index is -0.123. The molecule has 0 aliphatic heterocycles. The van der Waals surface area contributed by atoms with Crippen molar-refractivity contribution in [3.05, 3.63) is 41.0 Å². The van der Waals surface area contributed by atoms with E-state index in [-0.39, 0.29) is 11.0 Å². The molecule has 0 radical (unpaired) electrons. The van der Waals surface area contributed by atoms with Gasteiger partial charge in [-0.05, 0) is 71.9 Å². The van der Waals surface area contributed by atoms with Crippen molar-refractivity contribution in [2.75, 3.05) is 19.5 Å². The van der Waals surface area contributed by atoms with Gasteiger partial charge in [0.2, 0.25) is 0 Å².